The van der Waals surface area contributed by atoms with Crippen molar-refractivity contribution in [3.05, 3.63) is 30.1 Å². The van der Waals surface area contributed by atoms with Crippen LogP contribution in [-0.2, 0) is 0 Å². The van der Waals surface area contributed by atoms with Crippen LogP contribution in [-0.4, -0.2) is 21.2 Å². The fraction of sp³-hybridized carbons (Fsp3) is 0.300. The summed E-state index contributed by atoms with van der Waals surface area (Å²) >= 11 is 0. The van der Waals surface area contributed by atoms with Crippen LogP contribution in [0.5, 0.6) is 0 Å². The zero-order chi connectivity index (χ0) is 10.1. The van der Waals surface area contributed by atoms with Crippen LogP contribution in [0.2, 0.25) is 0 Å². The lowest BCUT2D eigenvalue weighted by molar-refractivity contribution is 0.162. The van der Waals surface area contributed by atoms with E-state index in [1.54, 1.807) is 6.92 Å². The summed E-state index contributed by atoms with van der Waals surface area (Å²) in [6.07, 6.45) is 1.24. The molecular formula is C10H13N3O. The van der Waals surface area contributed by atoms with E-state index in [4.69, 9.17) is 5.73 Å². The van der Waals surface area contributed by atoms with Gasteiger partial charge in [0.1, 0.15) is 0 Å². The third-order valence-corrected chi connectivity index (χ3v) is 2.29. The molecule has 0 aliphatic carbocycles. The summed E-state index contributed by atoms with van der Waals surface area (Å²) in [5.74, 6) is 0. The molecule has 0 saturated carbocycles. The van der Waals surface area contributed by atoms with Crippen molar-refractivity contribution in [2.45, 2.75) is 19.1 Å². The van der Waals surface area contributed by atoms with Gasteiger partial charge in [-0.05, 0) is 25.1 Å². The summed E-state index contributed by atoms with van der Waals surface area (Å²) in [4.78, 5) is 7.39. The van der Waals surface area contributed by atoms with Gasteiger partial charge in [0, 0.05) is 6.20 Å². The summed E-state index contributed by atoms with van der Waals surface area (Å²) in [5.41, 5.74) is 8.34. The predicted molar refractivity (Wildman–Crippen MR) is 54.7 cm³/mol. The number of H-pyrrole nitrogens is 1. The number of hydrogen-bond acceptors (Lipinski definition) is 3. The van der Waals surface area contributed by atoms with E-state index in [2.05, 4.69) is 9.97 Å². The first-order chi connectivity index (χ1) is 6.68. The zero-order valence-corrected chi connectivity index (χ0v) is 7.94. The normalized spacial score (nSPS) is 15.6. The Labute approximate surface area is 81.8 Å². The molecule has 74 valence electrons. The Balaban J connectivity index is 2.43. The SMILES string of the molecule is C[C@@H](O)[C@H](N)c1ccc2[nH]ccc2n1. The highest BCUT2D eigenvalue weighted by Crippen LogP contribution is 2.16. The van der Waals surface area contributed by atoms with E-state index in [0.29, 0.717) is 5.69 Å². The van der Waals surface area contributed by atoms with Gasteiger partial charge in [-0.2, -0.15) is 0 Å². The van der Waals surface area contributed by atoms with Crippen LogP contribution in [0, 0.1) is 0 Å². The van der Waals surface area contributed by atoms with Crippen molar-refractivity contribution in [3.63, 3.8) is 0 Å². The Morgan fingerprint density at radius 3 is 2.93 bits per heavy atom. The van der Waals surface area contributed by atoms with E-state index in [-0.39, 0.29) is 0 Å². The van der Waals surface area contributed by atoms with Crippen LogP contribution in [0.15, 0.2) is 24.4 Å². The van der Waals surface area contributed by atoms with Crippen molar-refractivity contribution in [1.82, 2.24) is 9.97 Å². The van der Waals surface area contributed by atoms with Crippen LogP contribution in [0.1, 0.15) is 18.7 Å². The topological polar surface area (TPSA) is 74.9 Å². The van der Waals surface area contributed by atoms with Crippen LogP contribution < -0.4 is 5.73 Å². The predicted octanol–water partition coefficient (Wildman–Crippen LogP) is 0.944. The van der Waals surface area contributed by atoms with Crippen LogP contribution in [0.3, 0.4) is 0 Å². The first-order valence-electron chi connectivity index (χ1n) is 4.56. The number of hydrogen-bond donors (Lipinski definition) is 3. The summed E-state index contributed by atoms with van der Waals surface area (Å²) < 4.78 is 0. The van der Waals surface area contributed by atoms with Gasteiger partial charge in [-0.15, -0.1) is 0 Å². The van der Waals surface area contributed by atoms with E-state index in [0.717, 1.165) is 11.0 Å². The van der Waals surface area contributed by atoms with Gasteiger partial charge in [-0.25, -0.2) is 4.98 Å². The number of aromatic nitrogens is 2. The van der Waals surface area contributed by atoms with E-state index < -0.39 is 12.1 Å². The van der Waals surface area contributed by atoms with Crippen molar-refractivity contribution in [1.29, 1.82) is 0 Å². The van der Waals surface area contributed by atoms with Crippen LogP contribution in [0.4, 0.5) is 0 Å². The quantitative estimate of drug-likeness (QED) is 0.661. The second-order valence-corrected chi connectivity index (χ2v) is 3.41. The van der Waals surface area contributed by atoms with Gasteiger partial charge < -0.3 is 15.8 Å². The largest absolute Gasteiger partial charge is 0.391 e. The van der Waals surface area contributed by atoms with Gasteiger partial charge in [-0.1, -0.05) is 0 Å². The summed E-state index contributed by atoms with van der Waals surface area (Å²) in [7, 11) is 0. The lowest BCUT2D eigenvalue weighted by Crippen LogP contribution is -2.24. The highest BCUT2D eigenvalue weighted by Gasteiger charge is 2.13. The van der Waals surface area contributed by atoms with Crippen molar-refractivity contribution in [3.8, 4) is 0 Å². The number of fused-ring (bicyclic) bond motifs is 1. The monoisotopic (exact) mass is 191 g/mol. The molecule has 2 rings (SSSR count). The van der Waals surface area contributed by atoms with E-state index in [1.807, 2.05) is 24.4 Å². The fourth-order valence-electron chi connectivity index (χ4n) is 1.38. The van der Waals surface area contributed by atoms with Gasteiger partial charge in [0.15, 0.2) is 0 Å². The average molecular weight is 191 g/mol. The minimum absolute atomic E-state index is 0.422. The standard InChI is InChI=1S/C10H13N3O/c1-6(14)10(11)9-3-2-7-8(13-9)4-5-12-7/h2-6,10,12,14H,11H2,1H3/t6-,10+/m1/s1. The third kappa shape index (κ3) is 1.49. The number of aliphatic hydroxyl groups is 1. The number of aliphatic hydroxyl groups excluding tert-OH is 1. The molecule has 0 radical (unpaired) electrons. The van der Waals surface area contributed by atoms with Gasteiger partial charge in [0.2, 0.25) is 0 Å². The van der Waals surface area contributed by atoms with Crippen LogP contribution in [0.25, 0.3) is 11.0 Å². The molecule has 0 unspecified atom stereocenters. The molecule has 2 aromatic heterocycles. The molecular weight excluding hydrogens is 178 g/mol. The molecule has 14 heavy (non-hydrogen) atoms. The van der Waals surface area contributed by atoms with E-state index >= 15 is 0 Å². The number of nitrogens with one attached hydrogen (secondary N) is 1. The molecule has 0 saturated heterocycles. The Hall–Kier alpha value is -1.39. The summed E-state index contributed by atoms with van der Waals surface area (Å²) in [5, 5.41) is 9.32. The Morgan fingerprint density at radius 1 is 1.43 bits per heavy atom. The molecule has 0 aliphatic heterocycles. The maximum absolute atomic E-state index is 9.32. The minimum Gasteiger partial charge on any atom is -0.391 e. The minimum atomic E-state index is -0.584. The second kappa shape index (κ2) is 3.40. The molecule has 4 nitrogen and oxygen atoms in total. The summed E-state index contributed by atoms with van der Waals surface area (Å²) in [6, 6.07) is 5.21. The summed E-state index contributed by atoms with van der Waals surface area (Å²) in [6.45, 7) is 1.66. The van der Waals surface area contributed by atoms with Crippen molar-refractivity contribution in [2.24, 2.45) is 5.73 Å². The zero-order valence-electron chi connectivity index (χ0n) is 7.94. The molecule has 0 aliphatic rings. The molecule has 0 fully saturated rings. The second-order valence-electron chi connectivity index (χ2n) is 3.41. The molecule has 0 spiro atoms. The van der Waals surface area contributed by atoms with Crippen molar-refractivity contribution in [2.75, 3.05) is 0 Å². The molecule has 2 heterocycles. The van der Waals surface area contributed by atoms with Gasteiger partial charge >= 0.3 is 0 Å². The highest BCUT2D eigenvalue weighted by atomic mass is 16.3. The lowest BCUT2D eigenvalue weighted by Gasteiger charge is -2.13. The Kier molecular flexibility index (Phi) is 2.23. The number of aromatic amines is 1. The van der Waals surface area contributed by atoms with Gasteiger partial charge in [-0.3, -0.25) is 0 Å². The fourth-order valence-corrected chi connectivity index (χ4v) is 1.38. The van der Waals surface area contributed by atoms with E-state index in [1.165, 1.54) is 0 Å². The highest BCUT2D eigenvalue weighted by molar-refractivity contribution is 5.74. The van der Waals surface area contributed by atoms with Gasteiger partial charge in [0.05, 0.1) is 28.9 Å². The number of rotatable bonds is 2. The first-order valence-corrected chi connectivity index (χ1v) is 4.56. The first kappa shape index (κ1) is 9.18. The molecule has 4 N–H and O–H groups in total. The molecule has 0 aromatic carbocycles. The van der Waals surface area contributed by atoms with Gasteiger partial charge in [0.25, 0.3) is 0 Å². The maximum Gasteiger partial charge on any atom is 0.0882 e. The molecule has 2 aromatic rings. The number of pyridine rings is 1. The molecule has 0 amide bonds. The van der Waals surface area contributed by atoms with Crippen molar-refractivity contribution >= 4 is 11.0 Å². The average Bonchev–Trinajstić information content (AvgIpc) is 2.62. The number of nitrogens with two attached hydrogens (primary N) is 1. The molecule has 0 bridgehead atoms. The third-order valence-electron chi connectivity index (χ3n) is 2.29. The Bertz CT molecular complexity index is 436. The molecule has 4 heteroatoms. The van der Waals surface area contributed by atoms with E-state index in [9.17, 15) is 5.11 Å². The number of nitrogens with zero attached hydrogens (tertiary/aromatic N) is 1. The Morgan fingerprint density at radius 2 is 2.21 bits per heavy atom. The molecule has 2 atom stereocenters. The van der Waals surface area contributed by atoms with Crippen LogP contribution >= 0.6 is 0 Å². The van der Waals surface area contributed by atoms with Crippen molar-refractivity contribution < 1.29 is 5.11 Å². The smallest absolute Gasteiger partial charge is 0.0882 e. The lowest BCUT2D eigenvalue weighted by atomic mass is 10.1. The maximum atomic E-state index is 9.32.